The number of halogens is 7. The number of alkyl halides is 7. The Hall–Kier alpha value is -5.98. The maximum atomic E-state index is 12.7. The van der Waals surface area contributed by atoms with Crippen molar-refractivity contribution < 1.29 is 45.4 Å². The van der Waals surface area contributed by atoms with Crippen LogP contribution in [0.4, 0.5) is 26.3 Å². The highest BCUT2D eigenvalue weighted by atomic mass is 79.9. The number of nitrogens with one attached hydrogen (secondary N) is 1. The second-order valence-electron chi connectivity index (χ2n) is 11.7. The molecule has 0 aliphatic rings. The lowest BCUT2D eigenvalue weighted by molar-refractivity contribution is -0.144. The zero-order chi connectivity index (χ0) is 41.4. The summed E-state index contributed by atoms with van der Waals surface area (Å²) in [6, 6.07) is 24.9. The number of tetrazole rings is 2. The molecule has 4 aromatic carbocycles. The first-order chi connectivity index (χ1) is 27.2. The zero-order valence-electron chi connectivity index (χ0n) is 30.4. The van der Waals surface area contributed by atoms with Crippen molar-refractivity contribution in [3.8, 4) is 22.8 Å². The van der Waals surface area contributed by atoms with Crippen LogP contribution in [0.3, 0.4) is 0 Å². The molecule has 1 N–H and O–H groups in total. The van der Waals surface area contributed by atoms with Crippen LogP contribution in [0.2, 0.25) is 0 Å². The number of esters is 2. The third kappa shape index (κ3) is 13.6. The summed E-state index contributed by atoms with van der Waals surface area (Å²) < 4.78 is 85.2. The molecule has 300 valence electrons. The molecule has 0 aliphatic carbocycles. The lowest BCUT2D eigenvalue weighted by atomic mass is 9.98. The predicted octanol–water partition coefficient (Wildman–Crippen LogP) is 7.93. The van der Waals surface area contributed by atoms with Crippen LogP contribution in [-0.2, 0) is 50.8 Å². The summed E-state index contributed by atoms with van der Waals surface area (Å²) in [7, 11) is 0. The van der Waals surface area contributed by atoms with Gasteiger partial charge in [0.1, 0.15) is 5.33 Å². The van der Waals surface area contributed by atoms with Crippen LogP contribution < -0.4 is 0 Å². The summed E-state index contributed by atoms with van der Waals surface area (Å²) in [6.45, 7) is 4.05. The van der Waals surface area contributed by atoms with E-state index in [2.05, 4.69) is 56.7 Å². The molecule has 0 unspecified atom stereocenters. The van der Waals surface area contributed by atoms with Crippen molar-refractivity contribution in [2.24, 2.45) is 0 Å². The highest BCUT2D eigenvalue weighted by molar-refractivity contribution is 9.09. The third-order valence-corrected chi connectivity index (χ3v) is 8.11. The van der Waals surface area contributed by atoms with E-state index in [1.807, 2.05) is 36.4 Å². The zero-order valence-corrected chi connectivity index (χ0v) is 32.0. The molecule has 57 heavy (non-hydrogen) atoms. The number of rotatable bonds is 11. The summed E-state index contributed by atoms with van der Waals surface area (Å²) >= 11 is 2.94. The number of aromatic nitrogens is 8. The largest absolute Gasteiger partial charge is 0.465 e. The average Bonchev–Trinajstić information content (AvgIpc) is 3.89. The van der Waals surface area contributed by atoms with Gasteiger partial charge in [0, 0.05) is 11.1 Å². The molecule has 0 atom stereocenters. The van der Waals surface area contributed by atoms with Crippen LogP contribution in [0.5, 0.6) is 0 Å². The number of ether oxygens (including phenoxy) is 2. The number of benzene rings is 4. The SMILES string of the molecule is CCOC(=O)CBr.CCOC(=O)Cn1nnc(-c2ccccc2Cc2ccc(C(F)(F)F)cc2)n1.FC(F)(F)c1ccc(Cc2ccccc2-c2nn[nH]n2)cc1. The van der Waals surface area contributed by atoms with E-state index in [4.69, 9.17) is 4.74 Å². The minimum absolute atomic E-state index is 0.151. The molecule has 0 spiro atoms. The van der Waals surface area contributed by atoms with Gasteiger partial charge in [-0.1, -0.05) is 88.7 Å². The van der Waals surface area contributed by atoms with E-state index >= 15 is 0 Å². The number of hydrogen-bond donors (Lipinski definition) is 1. The Labute approximate surface area is 330 Å². The van der Waals surface area contributed by atoms with Gasteiger partial charge in [0.05, 0.1) is 24.3 Å². The molecule has 0 bridgehead atoms. The molecular formula is C38H35BrF6N8O4. The molecule has 0 radical (unpaired) electrons. The van der Waals surface area contributed by atoms with E-state index in [0.29, 0.717) is 42.0 Å². The van der Waals surface area contributed by atoms with Crippen LogP contribution in [0.25, 0.3) is 22.8 Å². The third-order valence-electron chi connectivity index (χ3n) is 7.66. The lowest BCUT2D eigenvalue weighted by Crippen LogP contribution is -2.15. The molecule has 0 amide bonds. The summed E-state index contributed by atoms with van der Waals surface area (Å²) in [6.07, 6.45) is -7.79. The van der Waals surface area contributed by atoms with Gasteiger partial charge in [0.25, 0.3) is 0 Å². The predicted molar refractivity (Wildman–Crippen MR) is 198 cm³/mol. The Balaban J connectivity index is 0.000000221. The first kappa shape index (κ1) is 43.7. The summed E-state index contributed by atoms with van der Waals surface area (Å²) in [4.78, 5) is 22.8. The monoisotopic (exact) mass is 860 g/mol. The van der Waals surface area contributed by atoms with Crippen LogP contribution in [0.1, 0.15) is 47.2 Å². The Bertz CT molecular complexity index is 2160. The van der Waals surface area contributed by atoms with Crippen molar-refractivity contribution in [1.29, 1.82) is 0 Å². The van der Waals surface area contributed by atoms with E-state index in [1.165, 1.54) is 24.3 Å². The Morgan fingerprint density at radius 1 is 0.667 bits per heavy atom. The van der Waals surface area contributed by atoms with Crippen molar-refractivity contribution in [2.75, 3.05) is 18.5 Å². The summed E-state index contributed by atoms with van der Waals surface area (Å²) in [5.41, 5.74) is 3.41. The fourth-order valence-electron chi connectivity index (χ4n) is 5.06. The second kappa shape index (κ2) is 20.8. The van der Waals surface area contributed by atoms with Crippen LogP contribution in [0.15, 0.2) is 97.1 Å². The van der Waals surface area contributed by atoms with Gasteiger partial charge in [-0.25, -0.2) is 4.79 Å². The fraction of sp³-hybridized carbons (Fsp3) is 0.263. The van der Waals surface area contributed by atoms with E-state index in [-0.39, 0.29) is 19.1 Å². The number of H-pyrrole nitrogens is 1. The van der Waals surface area contributed by atoms with Gasteiger partial charge in [-0.3, -0.25) is 4.79 Å². The van der Waals surface area contributed by atoms with E-state index in [9.17, 15) is 35.9 Å². The number of hydrogen-bond acceptors (Lipinski definition) is 10. The normalized spacial score (nSPS) is 11.1. The second-order valence-corrected chi connectivity index (χ2v) is 12.2. The molecule has 6 rings (SSSR count). The number of carbonyl (C=O) groups excluding carboxylic acids is 2. The highest BCUT2D eigenvalue weighted by Crippen LogP contribution is 2.31. The topological polar surface area (TPSA) is 151 Å². The molecule has 0 fully saturated rings. The maximum Gasteiger partial charge on any atom is 0.416 e. The Morgan fingerprint density at radius 2 is 1.14 bits per heavy atom. The first-order valence-corrected chi connectivity index (χ1v) is 18.2. The smallest absolute Gasteiger partial charge is 0.416 e. The molecular weight excluding hydrogens is 826 g/mol. The van der Waals surface area contributed by atoms with Crippen molar-refractivity contribution >= 4 is 27.9 Å². The Kier molecular flexibility index (Phi) is 16.0. The highest BCUT2D eigenvalue weighted by Gasteiger charge is 2.30. The van der Waals surface area contributed by atoms with Gasteiger partial charge in [-0.2, -0.15) is 36.4 Å². The standard InChI is InChI=1S/C19H17F3N4O2.C15H11F3N4.C4H7BrO2/c1-2-28-17(27)12-26-24-18(23-25-26)16-6-4-3-5-14(16)11-13-7-9-15(10-8-13)19(20,21)22;16-15(17,18)12-7-5-10(6-8-12)9-11-3-1-2-4-13(11)14-19-21-22-20-14;1-2-7-4(6)3-5/h3-10H,2,11-12H2,1H3;1-8H,9H2,(H,19,20,21,22);2-3H2,1H3. The van der Waals surface area contributed by atoms with Gasteiger partial charge in [-0.15, -0.1) is 20.4 Å². The number of nitrogens with zero attached hydrogens (tertiary/aromatic N) is 7. The minimum Gasteiger partial charge on any atom is -0.465 e. The molecule has 2 aromatic heterocycles. The average molecular weight is 862 g/mol. The number of carbonyl (C=O) groups is 2. The lowest BCUT2D eigenvalue weighted by Gasteiger charge is -2.09. The van der Waals surface area contributed by atoms with Gasteiger partial charge < -0.3 is 9.47 Å². The van der Waals surface area contributed by atoms with Gasteiger partial charge in [0.15, 0.2) is 6.54 Å². The molecule has 6 aromatic rings. The maximum absolute atomic E-state index is 12.7. The summed E-state index contributed by atoms with van der Waals surface area (Å²) in [5.74, 6) is 0.112. The molecule has 0 saturated carbocycles. The van der Waals surface area contributed by atoms with E-state index in [1.54, 1.807) is 26.0 Å². The Morgan fingerprint density at radius 3 is 1.56 bits per heavy atom. The quantitative estimate of drug-likeness (QED) is 0.0773. The molecule has 0 aliphatic heterocycles. The van der Waals surface area contributed by atoms with E-state index in [0.717, 1.165) is 56.9 Å². The first-order valence-electron chi connectivity index (χ1n) is 17.1. The van der Waals surface area contributed by atoms with Crippen molar-refractivity contribution in [3.63, 3.8) is 0 Å². The van der Waals surface area contributed by atoms with Crippen LogP contribution in [-0.4, -0.2) is 71.3 Å². The van der Waals surface area contributed by atoms with Gasteiger partial charge >= 0.3 is 24.3 Å². The number of aromatic amines is 1. The van der Waals surface area contributed by atoms with Crippen molar-refractivity contribution in [2.45, 2.75) is 45.6 Å². The van der Waals surface area contributed by atoms with Gasteiger partial charge in [0.2, 0.25) is 11.6 Å². The molecule has 2 heterocycles. The van der Waals surface area contributed by atoms with Crippen molar-refractivity contribution in [3.05, 3.63) is 130 Å². The molecule has 19 heteroatoms. The van der Waals surface area contributed by atoms with Crippen LogP contribution >= 0.6 is 15.9 Å². The minimum atomic E-state index is -4.36. The fourth-order valence-corrected chi connectivity index (χ4v) is 5.23. The van der Waals surface area contributed by atoms with Crippen LogP contribution in [0, 0.1) is 0 Å². The van der Waals surface area contributed by atoms with E-state index < -0.39 is 29.4 Å². The van der Waals surface area contributed by atoms with Gasteiger partial charge in [-0.05, 0) is 83.6 Å². The molecule has 12 nitrogen and oxygen atoms in total. The molecule has 0 saturated heterocycles. The summed E-state index contributed by atoms with van der Waals surface area (Å²) in [5, 5.41) is 26.1. The van der Waals surface area contributed by atoms with Crippen molar-refractivity contribution in [1.82, 2.24) is 40.8 Å².